The Morgan fingerprint density at radius 3 is 1.65 bits per heavy atom. The van der Waals surface area contributed by atoms with Crippen molar-refractivity contribution in [2.75, 3.05) is 26.2 Å². The van der Waals surface area contributed by atoms with Gasteiger partial charge in [0.05, 0.1) is 0 Å². The van der Waals surface area contributed by atoms with Crippen LogP contribution in [0.3, 0.4) is 0 Å². The molecule has 0 aromatic rings. The fourth-order valence-electron chi connectivity index (χ4n) is 1.73. The first kappa shape index (κ1) is 24.1. The second-order valence-electron chi connectivity index (χ2n) is 5.96. The maximum Gasteiger partial charge on any atom is 0.223 e. The van der Waals surface area contributed by atoms with E-state index in [2.05, 4.69) is 49.0 Å². The maximum atomic E-state index is 11.8. The molecule has 0 bridgehead atoms. The van der Waals surface area contributed by atoms with Crippen molar-refractivity contribution in [2.45, 2.75) is 67.0 Å². The predicted octanol–water partition coefficient (Wildman–Crippen LogP) is 2.25. The second-order valence-corrected chi connectivity index (χ2v) is 5.96. The van der Waals surface area contributed by atoms with E-state index in [0.717, 1.165) is 13.1 Å². The summed E-state index contributed by atoms with van der Waals surface area (Å²) in [4.78, 5) is 23.5. The van der Waals surface area contributed by atoms with Crippen LogP contribution in [0.15, 0.2) is 0 Å². The minimum Gasteiger partial charge on any atom is -0.355 e. The molecule has 0 aliphatic carbocycles. The van der Waals surface area contributed by atoms with E-state index in [-0.39, 0.29) is 29.9 Å². The summed E-state index contributed by atoms with van der Waals surface area (Å²) in [6.45, 7) is 16.7. The Bertz CT molecular complexity index is 323. The topological polar surface area (TPSA) is 82.3 Å². The third kappa shape index (κ3) is 17.1. The molecule has 0 fully saturated rings. The average molecular weight is 339 g/mol. The number of carbonyl (C=O) groups is 2. The predicted molar refractivity (Wildman–Crippen MR) is 106 cm³/mol. The van der Waals surface area contributed by atoms with Gasteiger partial charge in [-0.15, -0.1) is 0 Å². The monoisotopic (exact) mass is 338 g/mol. The van der Waals surface area contributed by atoms with Crippen LogP contribution in [0.2, 0.25) is 0 Å². The first-order valence-corrected chi connectivity index (χ1v) is 8.84. The molecular formula is C17H46N4O2. The lowest BCUT2D eigenvalue weighted by Crippen LogP contribution is -2.39. The summed E-state index contributed by atoms with van der Waals surface area (Å²) < 4.78 is 0. The Balaban J connectivity index is -0.000000177. The first-order valence-electron chi connectivity index (χ1n) is 8.84. The van der Waals surface area contributed by atoms with Crippen molar-refractivity contribution in [1.29, 1.82) is 0 Å². The summed E-state index contributed by atoms with van der Waals surface area (Å²) in [5, 5.41) is 12.1. The van der Waals surface area contributed by atoms with Crippen molar-refractivity contribution >= 4 is 11.8 Å². The summed E-state index contributed by atoms with van der Waals surface area (Å²) in [5.41, 5.74) is 0. The third-order valence-corrected chi connectivity index (χ3v) is 2.92. The molecule has 2 amide bonds. The Hall–Kier alpha value is -1.14. The molecule has 0 spiro atoms. The molecule has 0 rings (SSSR count). The van der Waals surface area contributed by atoms with Crippen LogP contribution >= 0.6 is 0 Å². The van der Waals surface area contributed by atoms with Gasteiger partial charge in [-0.05, 0) is 0 Å². The molecule has 0 heterocycles. The Labute approximate surface area is 148 Å². The number of nitrogens with one attached hydrogen (secondary N) is 4. The molecule has 1 atom stereocenters. The molecule has 0 saturated heterocycles. The molecule has 4 N–H and O–H groups in total. The SMILES string of the molecule is CC.CC(C)NCCNC(=O)CC(C)C(=O)NCCNC(C)C.[HH].[HH].[HH].[HH]. The van der Waals surface area contributed by atoms with Crippen molar-refractivity contribution in [1.82, 2.24) is 21.3 Å². The maximum absolute atomic E-state index is 11.8. The van der Waals surface area contributed by atoms with Crippen LogP contribution in [0.5, 0.6) is 0 Å². The molecule has 0 aliphatic heterocycles. The van der Waals surface area contributed by atoms with Crippen LogP contribution in [0.25, 0.3) is 0 Å². The summed E-state index contributed by atoms with van der Waals surface area (Å²) >= 11 is 0. The molecule has 0 aliphatic rings. The minimum atomic E-state index is -0.304. The summed E-state index contributed by atoms with van der Waals surface area (Å²) in [5.74, 6) is -0.457. The largest absolute Gasteiger partial charge is 0.355 e. The number of hydrogen-bond donors (Lipinski definition) is 4. The fraction of sp³-hybridized carbons (Fsp3) is 0.882. The highest BCUT2D eigenvalue weighted by atomic mass is 16.2. The Kier molecular flexibility index (Phi) is 16.5. The van der Waals surface area contributed by atoms with Crippen LogP contribution in [0.1, 0.15) is 60.6 Å². The molecule has 0 saturated carbocycles. The van der Waals surface area contributed by atoms with Gasteiger partial charge >= 0.3 is 0 Å². The average Bonchev–Trinajstić information content (AvgIpc) is 2.49. The molecule has 146 valence electrons. The van der Waals surface area contributed by atoms with Gasteiger partial charge in [0.1, 0.15) is 0 Å². The van der Waals surface area contributed by atoms with E-state index >= 15 is 0 Å². The van der Waals surface area contributed by atoms with E-state index < -0.39 is 0 Å². The zero-order valence-electron chi connectivity index (χ0n) is 16.1. The van der Waals surface area contributed by atoms with Crippen molar-refractivity contribution in [2.24, 2.45) is 5.92 Å². The highest BCUT2D eigenvalue weighted by Gasteiger charge is 2.16. The van der Waals surface area contributed by atoms with Gasteiger partial charge in [0.15, 0.2) is 0 Å². The standard InChI is InChI=1S/C15H32N4O2.C2H6.4H2/c1-11(2)16-6-8-18-14(20)10-13(5)15(21)19-9-7-17-12(3)4;1-2;;;;/h11-13,16-17H,6-10H2,1-5H3,(H,18,20)(H,19,21);1-2H3;4*1H. The van der Waals surface area contributed by atoms with Gasteiger partial charge in [0, 0.05) is 56.3 Å². The van der Waals surface area contributed by atoms with Gasteiger partial charge in [0.2, 0.25) is 11.8 Å². The van der Waals surface area contributed by atoms with E-state index in [1.807, 2.05) is 13.8 Å². The Morgan fingerprint density at radius 1 is 0.783 bits per heavy atom. The van der Waals surface area contributed by atoms with Crippen molar-refractivity contribution in [3.8, 4) is 0 Å². The normalized spacial score (nSPS) is 11.7. The van der Waals surface area contributed by atoms with Crippen molar-refractivity contribution < 1.29 is 15.3 Å². The first-order chi connectivity index (χ1) is 10.8. The zero-order valence-corrected chi connectivity index (χ0v) is 16.1. The molecular weight excluding hydrogens is 292 g/mol. The van der Waals surface area contributed by atoms with Crippen molar-refractivity contribution in [3.05, 3.63) is 0 Å². The quantitative estimate of drug-likeness (QED) is 0.436. The lowest BCUT2D eigenvalue weighted by molar-refractivity contribution is -0.129. The fourth-order valence-corrected chi connectivity index (χ4v) is 1.73. The second kappa shape index (κ2) is 15.7. The molecule has 6 heteroatoms. The van der Waals surface area contributed by atoms with Gasteiger partial charge in [-0.1, -0.05) is 48.5 Å². The van der Waals surface area contributed by atoms with Gasteiger partial charge in [-0.25, -0.2) is 0 Å². The highest BCUT2D eigenvalue weighted by Crippen LogP contribution is 2.01. The lowest BCUT2D eigenvalue weighted by atomic mass is 10.1. The van der Waals surface area contributed by atoms with Gasteiger partial charge in [0.25, 0.3) is 0 Å². The Morgan fingerprint density at radius 2 is 1.22 bits per heavy atom. The van der Waals surface area contributed by atoms with Gasteiger partial charge < -0.3 is 21.3 Å². The number of rotatable bonds is 11. The van der Waals surface area contributed by atoms with Crippen LogP contribution in [0.4, 0.5) is 0 Å². The minimum absolute atomic E-state index is 0. The van der Waals surface area contributed by atoms with Crippen LogP contribution in [0, 0.1) is 5.92 Å². The van der Waals surface area contributed by atoms with E-state index in [1.54, 1.807) is 6.92 Å². The van der Waals surface area contributed by atoms with Crippen molar-refractivity contribution in [3.63, 3.8) is 0 Å². The van der Waals surface area contributed by atoms with E-state index in [9.17, 15) is 9.59 Å². The van der Waals surface area contributed by atoms with Gasteiger partial charge in [-0.2, -0.15) is 0 Å². The van der Waals surface area contributed by atoms with E-state index in [1.165, 1.54) is 0 Å². The molecule has 1 unspecified atom stereocenters. The molecule has 6 nitrogen and oxygen atoms in total. The third-order valence-electron chi connectivity index (χ3n) is 2.92. The summed E-state index contributed by atoms with van der Waals surface area (Å²) in [7, 11) is 0. The summed E-state index contributed by atoms with van der Waals surface area (Å²) in [6, 6.07) is 0.815. The van der Waals surface area contributed by atoms with E-state index in [0.29, 0.717) is 25.2 Å². The highest BCUT2D eigenvalue weighted by molar-refractivity contribution is 5.85. The molecule has 0 aromatic carbocycles. The van der Waals surface area contributed by atoms with Crippen LogP contribution in [-0.4, -0.2) is 50.1 Å². The molecule has 23 heavy (non-hydrogen) atoms. The van der Waals surface area contributed by atoms with Crippen LogP contribution in [-0.2, 0) is 9.59 Å². The number of hydrogen-bond acceptors (Lipinski definition) is 4. The number of amides is 2. The summed E-state index contributed by atoms with van der Waals surface area (Å²) in [6.07, 6.45) is 0.227. The zero-order chi connectivity index (χ0) is 18.3. The molecule has 0 aromatic heterocycles. The van der Waals surface area contributed by atoms with Crippen LogP contribution < -0.4 is 21.3 Å². The number of carbonyl (C=O) groups excluding carboxylic acids is 2. The van der Waals surface area contributed by atoms with Gasteiger partial charge in [-0.3, -0.25) is 9.59 Å². The lowest BCUT2D eigenvalue weighted by Gasteiger charge is -2.14. The van der Waals surface area contributed by atoms with E-state index in [4.69, 9.17) is 0 Å². The smallest absolute Gasteiger partial charge is 0.223 e. The molecule has 0 radical (unpaired) electrons.